The van der Waals surface area contributed by atoms with Gasteiger partial charge >= 0.3 is 13.1 Å². The van der Waals surface area contributed by atoms with E-state index in [1.54, 1.807) is 12.1 Å². The molecule has 134 valence electrons. The third-order valence-corrected chi connectivity index (χ3v) is 4.62. The maximum atomic E-state index is 12.2. The van der Waals surface area contributed by atoms with Crippen LogP contribution in [0.1, 0.15) is 28.8 Å². The number of likely N-dealkylation sites (tertiary alicyclic amines) is 1. The molecule has 2 heterocycles. The zero-order chi connectivity index (χ0) is 18.0. The maximum absolute atomic E-state index is 12.2. The Kier molecular flexibility index (Phi) is 5.26. The number of benzene rings is 1. The number of carbonyl (C=O) groups excluding carboxylic acids is 1. The number of aromatic carboxylic acids is 1. The molecule has 3 rings (SSSR count). The molecule has 1 atom stereocenters. The molecule has 1 amide bonds. The van der Waals surface area contributed by atoms with Gasteiger partial charge in [0.15, 0.2) is 0 Å². The van der Waals surface area contributed by atoms with Crippen LogP contribution >= 0.6 is 0 Å². The van der Waals surface area contributed by atoms with Crippen molar-refractivity contribution in [2.75, 3.05) is 19.6 Å². The minimum atomic E-state index is -1.31. The first-order chi connectivity index (χ1) is 11.9. The van der Waals surface area contributed by atoms with E-state index < -0.39 is 19.0 Å². The summed E-state index contributed by atoms with van der Waals surface area (Å²) in [6, 6.07) is 4.75. The molecule has 25 heavy (non-hydrogen) atoms. The highest BCUT2D eigenvalue weighted by Crippen LogP contribution is 2.30. The van der Waals surface area contributed by atoms with Crippen molar-refractivity contribution < 1.29 is 29.5 Å². The van der Waals surface area contributed by atoms with Crippen LogP contribution in [0.3, 0.4) is 0 Å². The summed E-state index contributed by atoms with van der Waals surface area (Å²) in [6.45, 7) is 1.50. The Morgan fingerprint density at radius 3 is 2.72 bits per heavy atom. The van der Waals surface area contributed by atoms with Crippen LogP contribution in [-0.4, -0.2) is 70.8 Å². The van der Waals surface area contributed by atoms with Crippen molar-refractivity contribution in [1.82, 2.24) is 10.2 Å². The zero-order valence-electron chi connectivity index (χ0n) is 13.7. The smallest absolute Gasteiger partial charge is 0.534 e. The summed E-state index contributed by atoms with van der Waals surface area (Å²) in [7, 11) is -1.31. The van der Waals surface area contributed by atoms with Gasteiger partial charge in [0, 0.05) is 13.1 Å². The van der Waals surface area contributed by atoms with Crippen LogP contribution in [-0.2, 0) is 11.2 Å². The van der Waals surface area contributed by atoms with E-state index in [1.165, 1.54) is 6.07 Å². The van der Waals surface area contributed by atoms with Crippen LogP contribution in [0.5, 0.6) is 5.75 Å². The molecule has 0 bridgehead atoms. The van der Waals surface area contributed by atoms with Gasteiger partial charge in [0.2, 0.25) is 5.91 Å². The van der Waals surface area contributed by atoms with E-state index in [-0.39, 0.29) is 29.9 Å². The second kappa shape index (κ2) is 7.43. The van der Waals surface area contributed by atoms with Crippen molar-refractivity contribution in [3.63, 3.8) is 0 Å². The number of nitrogens with one attached hydrogen (secondary N) is 1. The van der Waals surface area contributed by atoms with Gasteiger partial charge < -0.3 is 25.2 Å². The number of fused-ring (bicyclic) bond motifs is 1. The predicted molar refractivity (Wildman–Crippen MR) is 89.3 cm³/mol. The lowest BCUT2D eigenvalue weighted by Gasteiger charge is -2.31. The van der Waals surface area contributed by atoms with Crippen molar-refractivity contribution in [3.05, 3.63) is 29.3 Å². The van der Waals surface area contributed by atoms with Crippen LogP contribution in [0.15, 0.2) is 18.2 Å². The second-order valence-electron chi connectivity index (χ2n) is 6.49. The third-order valence-electron chi connectivity index (χ3n) is 4.62. The quantitative estimate of drug-likeness (QED) is 0.530. The number of nitrogens with zero attached hydrogens (tertiary/aromatic N) is 1. The number of rotatable bonds is 4. The average Bonchev–Trinajstić information content (AvgIpc) is 2.57. The van der Waals surface area contributed by atoms with Crippen LogP contribution in [0.25, 0.3) is 0 Å². The molecule has 1 aromatic carbocycles. The summed E-state index contributed by atoms with van der Waals surface area (Å²) in [5.41, 5.74) is 0.629. The van der Waals surface area contributed by atoms with E-state index in [9.17, 15) is 24.8 Å². The first-order valence-corrected chi connectivity index (χ1v) is 8.33. The predicted octanol–water partition coefficient (Wildman–Crippen LogP) is -0.719. The van der Waals surface area contributed by atoms with E-state index >= 15 is 0 Å². The topological polar surface area (TPSA) is 119 Å². The van der Waals surface area contributed by atoms with E-state index in [0.717, 1.165) is 0 Å². The van der Waals surface area contributed by atoms with E-state index in [2.05, 4.69) is 5.32 Å². The third kappa shape index (κ3) is 4.12. The fourth-order valence-corrected chi connectivity index (χ4v) is 3.25. The zero-order valence-corrected chi connectivity index (χ0v) is 13.7. The molecule has 0 saturated carbocycles. The number of piperidine rings is 1. The fraction of sp³-hybridized carbons (Fsp3) is 0.500. The summed E-state index contributed by atoms with van der Waals surface area (Å²) < 4.78 is 5.36. The molecule has 2 aliphatic rings. The largest absolute Gasteiger partial charge is 0.547 e. The molecule has 1 saturated heterocycles. The molecular weight excluding hydrogens is 327 g/mol. The first-order valence-electron chi connectivity index (χ1n) is 8.33. The number of carbonyl (C=O) groups is 2. The number of para-hydroxylation sites is 1. The standard InChI is InChI=1S/C16H21BN2O6/c20-11-4-6-19(7-5-11)9-14(21)18-13-8-10-2-1-3-12(16(22)23)15(10)25-17(13)24/h1-3,11,13,20,24H,4-9H2,(H,18,21)(H,22,23)/t13-/m0/s1. The summed E-state index contributed by atoms with van der Waals surface area (Å²) in [5, 5.41) is 31.6. The Bertz CT molecular complexity index is 662. The fourth-order valence-electron chi connectivity index (χ4n) is 3.25. The molecule has 0 spiro atoms. The Morgan fingerprint density at radius 2 is 2.04 bits per heavy atom. The molecule has 0 aliphatic carbocycles. The number of aliphatic hydroxyl groups excluding tert-OH is 1. The molecule has 0 radical (unpaired) electrons. The molecule has 8 nitrogen and oxygen atoms in total. The lowest BCUT2D eigenvalue weighted by Crippen LogP contribution is -2.55. The van der Waals surface area contributed by atoms with Gasteiger partial charge in [0.25, 0.3) is 0 Å². The van der Waals surface area contributed by atoms with Gasteiger partial charge in [0.05, 0.1) is 24.2 Å². The van der Waals surface area contributed by atoms with Gasteiger partial charge in [-0.25, -0.2) is 4.79 Å². The molecular formula is C16H21BN2O6. The van der Waals surface area contributed by atoms with Gasteiger partial charge in [-0.15, -0.1) is 0 Å². The van der Waals surface area contributed by atoms with Crippen LogP contribution in [0.4, 0.5) is 0 Å². The Morgan fingerprint density at radius 1 is 1.32 bits per heavy atom. The number of carboxylic acid groups (broad SMARTS) is 1. The molecule has 9 heteroatoms. The van der Waals surface area contributed by atoms with Crippen molar-refractivity contribution in [2.45, 2.75) is 31.3 Å². The van der Waals surface area contributed by atoms with Crippen molar-refractivity contribution in [3.8, 4) is 5.75 Å². The van der Waals surface area contributed by atoms with Crippen molar-refractivity contribution in [1.29, 1.82) is 0 Å². The summed E-state index contributed by atoms with van der Waals surface area (Å²) in [6.07, 6.45) is 1.29. The van der Waals surface area contributed by atoms with Crippen molar-refractivity contribution >= 4 is 19.0 Å². The molecule has 1 fully saturated rings. The van der Waals surface area contributed by atoms with Crippen LogP contribution < -0.4 is 9.97 Å². The van der Waals surface area contributed by atoms with Gasteiger partial charge in [0.1, 0.15) is 5.75 Å². The highest BCUT2D eigenvalue weighted by molar-refractivity contribution is 6.47. The summed E-state index contributed by atoms with van der Waals surface area (Å²) in [4.78, 5) is 25.4. The number of aliphatic hydroxyl groups is 1. The number of hydrogen-bond acceptors (Lipinski definition) is 6. The van der Waals surface area contributed by atoms with Crippen molar-refractivity contribution in [2.24, 2.45) is 0 Å². The van der Waals surface area contributed by atoms with Crippen LogP contribution in [0.2, 0.25) is 0 Å². The van der Waals surface area contributed by atoms with Gasteiger partial charge in [-0.2, -0.15) is 0 Å². The first kappa shape index (κ1) is 17.7. The summed E-state index contributed by atoms with van der Waals surface area (Å²) in [5.74, 6) is -1.85. The average molecular weight is 348 g/mol. The van der Waals surface area contributed by atoms with Gasteiger partial charge in [-0.1, -0.05) is 12.1 Å². The monoisotopic (exact) mass is 348 g/mol. The van der Waals surface area contributed by atoms with E-state index in [1.807, 2.05) is 4.90 Å². The summed E-state index contributed by atoms with van der Waals surface area (Å²) >= 11 is 0. The molecule has 2 aliphatic heterocycles. The molecule has 0 unspecified atom stereocenters. The Balaban J connectivity index is 1.61. The molecule has 1 aromatic rings. The number of amides is 1. The lowest BCUT2D eigenvalue weighted by molar-refractivity contribution is -0.123. The Hall–Kier alpha value is -2.10. The van der Waals surface area contributed by atoms with Crippen LogP contribution in [0, 0.1) is 0 Å². The minimum Gasteiger partial charge on any atom is -0.534 e. The Labute approximate surface area is 145 Å². The maximum Gasteiger partial charge on any atom is 0.547 e. The van der Waals surface area contributed by atoms with E-state index in [0.29, 0.717) is 37.9 Å². The van der Waals surface area contributed by atoms with Gasteiger partial charge in [-0.3, -0.25) is 9.69 Å². The second-order valence-corrected chi connectivity index (χ2v) is 6.49. The SMILES string of the molecule is O=C(CN1CCC(O)CC1)N[C@H]1Cc2cccc(C(=O)O)c2OB1O. The molecule has 0 aromatic heterocycles. The van der Waals surface area contributed by atoms with E-state index in [4.69, 9.17) is 4.65 Å². The normalized spacial score (nSPS) is 21.4. The van der Waals surface area contributed by atoms with Gasteiger partial charge in [-0.05, 0) is 30.9 Å². The highest BCUT2D eigenvalue weighted by Gasteiger charge is 2.37. The number of carboxylic acids is 1. The highest BCUT2D eigenvalue weighted by atomic mass is 16.5. The lowest BCUT2D eigenvalue weighted by atomic mass is 9.72. The number of hydrogen-bond donors (Lipinski definition) is 4. The molecule has 4 N–H and O–H groups in total. The minimum absolute atomic E-state index is 0.00630.